The van der Waals surface area contributed by atoms with Crippen LogP contribution in [0.15, 0.2) is 16.7 Å². The number of carboxylic acids is 1. The van der Waals surface area contributed by atoms with Gasteiger partial charge in [0.05, 0.1) is 0 Å². The molecule has 2 N–H and O–H groups in total. The summed E-state index contributed by atoms with van der Waals surface area (Å²) < 4.78 is 0.668. The fraction of sp³-hybridized carbons (Fsp3) is 0.400. The lowest BCUT2D eigenvalue weighted by Gasteiger charge is -2.07. The van der Waals surface area contributed by atoms with Crippen LogP contribution in [-0.4, -0.2) is 22.6 Å². The summed E-state index contributed by atoms with van der Waals surface area (Å²) in [5.41, 5.74) is 0.195. The van der Waals surface area contributed by atoms with Crippen molar-refractivity contribution in [1.82, 2.24) is 4.98 Å². The highest BCUT2D eigenvalue weighted by Crippen LogP contribution is 2.17. The van der Waals surface area contributed by atoms with Crippen molar-refractivity contribution in [1.29, 1.82) is 0 Å². The number of aromatic carboxylic acids is 1. The fourth-order valence-corrected chi connectivity index (χ4v) is 1.46. The molecular formula is C10H13BrN2O2. The number of aromatic nitrogens is 1. The number of nitrogens with zero attached hydrogens (tertiary/aromatic N) is 1. The van der Waals surface area contributed by atoms with Crippen molar-refractivity contribution in [3.05, 3.63) is 22.3 Å². The summed E-state index contributed by atoms with van der Waals surface area (Å²) >= 11 is 3.19. The van der Waals surface area contributed by atoms with Gasteiger partial charge in [0, 0.05) is 17.2 Å². The summed E-state index contributed by atoms with van der Waals surface area (Å²) in [5, 5.41) is 12.0. The van der Waals surface area contributed by atoms with E-state index in [1.54, 1.807) is 12.3 Å². The minimum absolute atomic E-state index is 0.195. The van der Waals surface area contributed by atoms with Crippen molar-refractivity contribution in [3.63, 3.8) is 0 Å². The SMILES string of the molecule is CCCCNc1ncc(Br)cc1C(=O)O. The maximum absolute atomic E-state index is 10.9. The highest BCUT2D eigenvalue weighted by Gasteiger charge is 2.11. The van der Waals surface area contributed by atoms with E-state index in [0.29, 0.717) is 10.3 Å². The Labute approximate surface area is 96.8 Å². The number of carboxylic acid groups (broad SMARTS) is 1. The summed E-state index contributed by atoms with van der Waals surface area (Å²) in [4.78, 5) is 14.9. The van der Waals surface area contributed by atoms with Crippen molar-refractivity contribution >= 4 is 27.7 Å². The minimum atomic E-state index is -0.970. The van der Waals surface area contributed by atoms with Gasteiger partial charge in [0.1, 0.15) is 11.4 Å². The lowest BCUT2D eigenvalue weighted by Crippen LogP contribution is -2.09. The molecule has 0 aromatic carbocycles. The highest BCUT2D eigenvalue weighted by atomic mass is 79.9. The lowest BCUT2D eigenvalue weighted by atomic mass is 10.2. The number of rotatable bonds is 5. The van der Waals surface area contributed by atoms with E-state index in [1.807, 2.05) is 0 Å². The van der Waals surface area contributed by atoms with Gasteiger partial charge >= 0.3 is 5.97 Å². The Bertz CT molecular complexity index is 355. The third-order valence-electron chi connectivity index (χ3n) is 1.91. The zero-order valence-electron chi connectivity index (χ0n) is 8.46. The van der Waals surface area contributed by atoms with Crippen molar-refractivity contribution in [2.24, 2.45) is 0 Å². The largest absolute Gasteiger partial charge is 0.478 e. The van der Waals surface area contributed by atoms with Gasteiger partial charge < -0.3 is 10.4 Å². The molecule has 1 aromatic rings. The average molecular weight is 273 g/mol. The predicted octanol–water partition coefficient (Wildman–Crippen LogP) is 2.75. The quantitative estimate of drug-likeness (QED) is 0.810. The maximum atomic E-state index is 10.9. The normalized spacial score (nSPS) is 10.0. The van der Waals surface area contributed by atoms with Crippen LogP contribution in [0.3, 0.4) is 0 Å². The molecule has 5 heteroatoms. The molecule has 15 heavy (non-hydrogen) atoms. The number of hydrogen-bond acceptors (Lipinski definition) is 3. The minimum Gasteiger partial charge on any atom is -0.478 e. The van der Waals surface area contributed by atoms with Crippen LogP contribution in [0.25, 0.3) is 0 Å². The molecule has 1 aromatic heterocycles. The standard InChI is InChI=1S/C10H13BrN2O2/c1-2-3-4-12-9-8(10(14)15)5-7(11)6-13-9/h5-6H,2-4H2,1H3,(H,12,13)(H,14,15). The summed E-state index contributed by atoms with van der Waals surface area (Å²) in [5.74, 6) is -0.540. The maximum Gasteiger partial charge on any atom is 0.339 e. The molecule has 1 rings (SSSR count). The lowest BCUT2D eigenvalue weighted by molar-refractivity contribution is 0.0697. The van der Waals surface area contributed by atoms with Crippen LogP contribution in [0, 0.1) is 0 Å². The first-order chi connectivity index (χ1) is 7.15. The van der Waals surface area contributed by atoms with Gasteiger partial charge in [0.2, 0.25) is 0 Å². The molecule has 0 bridgehead atoms. The van der Waals surface area contributed by atoms with E-state index < -0.39 is 5.97 Å². The molecule has 0 aliphatic carbocycles. The molecule has 0 fully saturated rings. The molecule has 0 atom stereocenters. The summed E-state index contributed by atoms with van der Waals surface area (Å²) in [6.45, 7) is 2.82. The van der Waals surface area contributed by atoms with E-state index in [9.17, 15) is 4.79 Å². The van der Waals surface area contributed by atoms with Crippen LogP contribution < -0.4 is 5.32 Å². The Morgan fingerprint density at radius 1 is 1.67 bits per heavy atom. The summed E-state index contributed by atoms with van der Waals surface area (Å²) in [6.07, 6.45) is 3.64. The van der Waals surface area contributed by atoms with E-state index in [1.165, 1.54) is 0 Å². The molecule has 0 unspecified atom stereocenters. The Morgan fingerprint density at radius 3 is 3.00 bits per heavy atom. The molecule has 0 aliphatic rings. The Hall–Kier alpha value is -1.10. The van der Waals surface area contributed by atoms with Crippen molar-refractivity contribution in [2.45, 2.75) is 19.8 Å². The zero-order chi connectivity index (χ0) is 11.3. The number of hydrogen-bond donors (Lipinski definition) is 2. The van der Waals surface area contributed by atoms with Crippen LogP contribution in [0.5, 0.6) is 0 Å². The van der Waals surface area contributed by atoms with E-state index in [4.69, 9.17) is 5.11 Å². The number of nitrogens with one attached hydrogen (secondary N) is 1. The van der Waals surface area contributed by atoms with Crippen LogP contribution in [0.4, 0.5) is 5.82 Å². The number of pyridine rings is 1. The van der Waals surface area contributed by atoms with E-state index in [0.717, 1.165) is 19.4 Å². The van der Waals surface area contributed by atoms with E-state index >= 15 is 0 Å². The second-order valence-corrected chi connectivity index (χ2v) is 4.05. The molecule has 0 amide bonds. The second-order valence-electron chi connectivity index (χ2n) is 3.14. The average Bonchev–Trinajstić information content (AvgIpc) is 2.20. The van der Waals surface area contributed by atoms with Gasteiger partial charge in [-0.25, -0.2) is 9.78 Å². The van der Waals surface area contributed by atoms with Crippen LogP contribution >= 0.6 is 15.9 Å². The molecule has 4 nitrogen and oxygen atoms in total. The molecule has 0 spiro atoms. The molecule has 0 radical (unpaired) electrons. The van der Waals surface area contributed by atoms with E-state index in [-0.39, 0.29) is 5.56 Å². The van der Waals surface area contributed by atoms with Gasteiger partial charge in [-0.3, -0.25) is 0 Å². The topological polar surface area (TPSA) is 62.2 Å². The first kappa shape index (κ1) is 12.0. The number of anilines is 1. The van der Waals surface area contributed by atoms with Crippen molar-refractivity contribution < 1.29 is 9.90 Å². The van der Waals surface area contributed by atoms with Gasteiger partial charge in [-0.15, -0.1) is 0 Å². The molecular weight excluding hydrogens is 260 g/mol. The number of carbonyl (C=O) groups is 1. The Kier molecular flexibility index (Phi) is 4.55. The first-order valence-corrected chi connectivity index (χ1v) is 5.57. The van der Waals surface area contributed by atoms with E-state index in [2.05, 4.69) is 33.2 Å². The third kappa shape index (κ3) is 3.51. The predicted molar refractivity (Wildman–Crippen MR) is 62.3 cm³/mol. The Balaban J connectivity index is 2.81. The molecule has 0 aliphatic heterocycles. The molecule has 82 valence electrons. The number of unbranched alkanes of at least 4 members (excludes halogenated alkanes) is 1. The van der Waals surface area contributed by atoms with Crippen LogP contribution in [-0.2, 0) is 0 Å². The smallest absolute Gasteiger partial charge is 0.339 e. The molecule has 0 saturated heterocycles. The Morgan fingerprint density at radius 2 is 2.40 bits per heavy atom. The van der Waals surface area contributed by atoms with Gasteiger partial charge in [-0.1, -0.05) is 13.3 Å². The molecule has 1 heterocycles. The second kappa shape index (κ2) is 5.70. The molecule has 0 saturated carbocycles. The van der Waals surface area contributed by atoms with Gasteiger partial charge in [-0.2, -0.15) is 0 Å². The monoisotopic (exact) mass is 272 g/mol. The van der Waals surface area contributed by atoms with Gasteiger partial charge in [-0.05, 0) is 28.4 Å². The zero-order valence-corrected chi connectivity index (χ0v) is 10.0. The first-order valence-electron chi connectivity index (χ1n) is 4.78. The summed E-state index contributed by atoms with van der Waals surface area (Å²) in [7, 11) is 0. The van der Waals surface area contributed by atoms with Crippen LogP contribution in [0.1, 0.15) is 30.1 Å². The van der Waals surface area contributed by atoms with Gasteiger partial charge in [0.25, 0.3) is 0 Å². The number of halogens is 1. The van der Waals surface area contributed by atoms with Gasteiger partial charge in [0.15, 0.2) is 0 Å². The summed E-state index contributed by atoms with van der Waals surface area (Å²) in [6, 6.07) is 1.55. The fourth-order valence-electron chi connectivity index (χ4n) is 1.13. The van der Waals surface area contributed by atoms with Crippen molar-refractivity contribution in [3.8, 4) is 0 Å². The third-order valence-corrected chi connectivity index (χ3v) is 2.34. The van der Waals surface area contributed by atoms with Crippen LogP contribution in [0.2, 0.25) is 0 Å². The van der Waals surface area contributed by atoms with Crippen molar-refractivity contribution in [2.75, 3.05) is 11.9 Å². The highest BCUT2D eigenvalue weighted by molar-refractivity contribution is 9.10.